The molecule has 0 spiro atoms. The Bertz CT molecular complexity index is 1170. The van der Waals surface area contributed by atoms with E-state index in [1.807, 2.05) is 49.4 Å². The van der Waals surface area contributed by atoms with Gasteiger partial charge >= 0.3 is 5.97 Å². The summed E-state index contributed by atoms with van der Waals surface area (Å²) in [5.41, 5.74) is 3.87. The van der Waals surface area contributed by atoms with Crippen LogP contribution in [0.2, 0.25) is 5.02 Å². The standard InChI is InChI=1S/C21H17ClN4O2/c1-3-28-21(27)19-20(14-7-5-4-6-8-14)26(25-24-19)18-11-13(2)23-17-12-15(22)9-10-16(17)18/h4-12H,3H2,1-2H3. The molecule has 0 aliphatic heterocycles. The minimum absolute atomic E-state index is 0.171. The zero-order valence-corrected chi connectivity index (χ0v) is 16.1. The van der Waals surface area contributed by atoms with Crippen LogP contribution >= 0.6 is 11.6 Å². The first kappa shape index (κ1) is 18.1. The zero-order chi connectivity index (χ0) is 19.7. The Morgan fingerprint density at radius 1 is 1.14 bits per heavy atom. The van der Waals surface area contributed by atoms with Crippen molar-refractivity contribution in [2.24, 2.45) is 0 Å². The Morgan fingerprint density at radius 3 is 2.68 bits per heavy atom. The summed E-state index contributed by atoms with van der Waals surface area (Å²) in [6, 6.07) is 16.9. The number of hydrogen-bond donors (Lipinski definition) is 0. The molecule has 0 saturated carbocycles. The number of pyridine rings is 1. The Labute approximate surface area is 166 Å². The molecule has 0 aliphatic rings. The van der Waals surface area contributed by atoms with Gasteiger partial charge in [-0.1, -0.05) is 47.1 Å². The number of nitrogens with zero attached hydrogens (tertiary/aromatic N) is 4. The van der Waals surface area contributed by atoms with Gasteiger partial charge in [-0.25, -0.2) is 9.48 Å². The quantitative estimate of drug-likeness (QED) is 0.474. The summed E-state index contributed by atoms with van der Waals surface area (Å²) in [6.45, 7) is 3.92. The molecule has 2 aromatic heterocycles. The number of carbonyl (C=O) groups is 1. The molecular formula is C21H17ClN4O2. The van der Waals surface area contributed by atoms with E-state index in [-0.39, 0.29) is 12.3 Å². The van der Waals surface area contributed by atoms with Gasteiger partial charge in [-0.05, 0) is 38.1 Å². The Morgan fingerprint density at radius 2 is 1.93 bits per heavy atom. The molecule has 7 heteroatoms. The fourth-order valence-corrected chi connectivity index (χ4v) is 3.30. The van der Waals surface area contributed by atoms with Gasteiger partial charge in [-0.3, -0.25) is 4.98 Å². The van der Waals surface area contributed by atoms with Gasteiger partial charge in [-0.2, -0.15) is 0 Å². The fraction of sp³-hybridized carbons (Fsp3) is 0.143. The van der Waals surface area contributed by atoms with Gasteiger partial charge < -0.3 is 4.74 Å². The smallest absolute Gasteiger partial charge is 0.361 e. The van der Waals surface area contributed by atoms with E-state index in [9.17, 15) is 4.79 Å². The van der Waals surface area contributed by atoms with Gasteiger partial charge in [0.25, 0.3) is 0 Å². The number of hydrogen-bond acceptors (Lipinski definition) is 5. The number of ether oxygens (including phenoxy) is 1. The maximum absolute atomic E-state index is 12.5. The lowest BCUT2D eigenvalue weighted by Gasteiger charge is -2.12. The molecule has 0 aliphatic carbocycles. The van der Waals surface area contributed by atoms with Gasteiger partial charge in [0, 0.05) is 21.7 Å². The van der Waals surface area contributed by atoms with Gasteiger partial charge in [-0.15, -0.1) is 5.10 Å². The van der Waals surface area contributed by atoms with Crippen LogP contribution in [0.25, 0.3) is 27.8 Å². The maximum atomic E-state index is 12.5. The first-order valence-electron chi connectivity index (χ1n) is 8.84. The van der Waals surface area contributed by atoms with Crippen LogP contribution in [0.1, 0.15) is 23.1 Å². The number of benzene rings is 2. The Hall–Kier alpha value is -3.25. The van der Waals surface area contributed by atoms with Crippen molar-refractivity contribution in [3.8, 4) is 16.9 Å². The Kier molecular flexibility index (Phi) is 4.79. The molecule has 0 saturated heterocycles. The van der Waals surface area contributed by atoms with Crippen molar-refractivity contribution in [1.82, 2.24) is 20.0 Å². The lowest BCUT2D eigenvalue weighted by Crippen LogP contribution is -2.08. The van der Waals surface area contributed by atoms with E-state index < -0.39 is 5.97 Å². The van der Waals surface area contributed by atoms with E-state index in [0.717, 1.165) is 27.8 Å². The highest BCUT2D eigenvalue weighted by molar-refractivity contribution is 6.31. The van der Waals surface area contributed by atoms with Crippen LogP contribution in [0.3, 0.4) is 0 Å². The molecule has 2 heterocycles. The molecule has 0 N–H and O–H groups in total. The third kappa shape index (κ3) is 3.23. The number of aryl methyl sites for hydroxylation is 1. The van der Waals surface area contributed by atoms with E-state index in [1.54, 1.807) is 23.7 Å². The number of halogens is 1. The first-order chi connectivity index (χ1) is 13.6. The molecule has 0 radical (unpaired) electrons. The molecule has 140 valence electrons. The lowest BCUT2D eigenvalue weighted by atomic mass is 10.1. The summed E-state index contributed by atoms with van der Waals surface area (Å²) >= 11 is 6.14. The van der Waals surface area contributed by atoms with Gasteiger partial charge in [0.2, 0.25) is 0 Å². The second-order valence-corrected chi connectivity index (χ2v) is 6.67. The van der Waals surface area contributed by atoms with Crippen LogP contribution in [-0.2, 0) is 4.74 Å². The summed E-state index contributed by atoms with van der Waals surface area (Å²) in [7, 11) is 0. The maximum Gasteiger partial charge on any atom is 0.361 e. The predicted octanol–water partition coefficient (Wildman–Crippen LogP) is 4.62. The van der Waals surface area contributed by atoms with E-state index in [1.165, 1.54) is 0 Å². The molecule has 2 aromatic carbocycles. The van der Waals surface area contributed by atoms with Crippen molar-refractivity contribution < 1.29 is 9.53 Å². The van der Waals surface area contributed by atoms with Gasteiger partial charge in [0.1, 0.15) is 5.69 Å². The largest absolute Gasteiger partial charge is 0.461 e. The minimum atomic E-state index is -0.509. The van der Waals surface area contributed by atoms with Crippen molar-refractivity contribution >= 4 is 28.5 Å². The third-order valence-electron chi connectivity index (χ3n) is 4.29. The summed E-state index contributed by atoms with van der Waals surface area (Å²) in [5, 5.41) is 9.87. The normalized spacial score (nSPS) is 11.0. The van der Waals surface area contributed by atoms with Gasteiger partial charge in [0.05, 0.1) is 17.8 Å². The van der Waals surface area contributed by atoms with Crippen LogP contribution in [0, 0.1) is 6.92 Å². The van der Waals surface area contributed by atoms with E-state index >= 15 is 0 Å². The predicted molar refractivity (Wildman–Crippen MR) is 108 cm³/mol. The fourth-order valence-electron chi connectivity index (χ4n) is 3.13. The average molecular weight is 393 g/mol. The SMILES string of the molecule is CCOC(=O)c1nnn(-c2cc(C)nc3cc(Cl)ccc23)c1-c1ccccc1. The van der Waals surface area contributed by atoms with Crippen LogP contribution in [0.15, 0.2) is 54.6 Å². The molecule has 0 unspecified atom stereocenters. The molecule has 0 atom stereocenters. The average Bonchev–Trinajstić information content (AvgIpc) is 3.13. The minimum Gasteiger partial charge on any atom is -0.461 e. The topological polar surface area (TPSA) is 69.9 Å². The van der Waals surface area contributed by atoms with Crippen molar-refractivity contribution in [3.63, 3.8) is 0 Å². The lowest BCUT2D eigenvalue weighted by molar-refractivity contribution is 0.0520. The second kappa shape index (κ2) is 7.40. The number of rotatable bonds is 4. The number of carbonyl (C=O) groups excluding carboxylic acids is 1. The van der Waals surface area contributed by atoms with Gasteiger partial charge in [0.15, 0.2) is 5.69 Å². The molecule has 28 heavy (non-hydrogen) atoms. The number of fused-ring (bicyclic) bond motifs is 1. The van der Waals surface area contributed by atoms with Crippen molar-refractivity contribution in [2.75, 3.05) is 6.61 Å². The zero-order valence-electron chi connectivity index (χ0n) is 15.4. The molecular weight excluding hydrogens is 376 g/mol. The van der Waals surface area contributed by atoms with E-state index in [4.69, 9.17) is 16.3 Å². The van der Waals surface area contributed by atoms with Crippen molar-refractivity contribution in [1.29, 1.82) is 0 Å². The number of aromatic nitrogens is 4. The van der Waals surface area contributed by atoms with Crippen LogP contribution < -0.4 is 0 Å². The number of esters is 1. The monoisotopic (exact) mass is 392 g/mol. The summed E-state index contributed by atoms with van der Waals surface area (Å²) in [5.74, 6) is -0.509. The molecule has 0 bridgehead atoms. The summed E-state index contributed by atoms with van der Waals surface area (Å²) in [6.07, 6.45) is 0. The molecule has 6 nitrogen and oxygen atoms in total. The summed E-state index contributed by atoms with van der Waals surface area (Å²) in [4.78, 5) is 17.0. The highest BCUT2D eigenvalue weighted by Gasteiger charge is 2.24. The highest BCUT2D eigenvalue weighted by atomic mass is 35.5. The second-order valence-electron chi connectivity index (χ2n) is 6.23. The van der Waals surface area contributed by atoms with E-state index in [2.05, 4.69) is 15.3 Å². The van der Waals surface area contributed by atoms with Crippen LogP contribution in [0.4, 0.5) is 0 Å². The van der Waals surface area contributed by atoms with Crippen molar-refractivity contribution in [2.45, 2.75) is 13.8 Å². The summed E-state index contributed by atoms with van der Waals surface area (Å²) < 4.78 is 6.84. The molecule has 4 rings (SSSR count). The Balaban J connectivity index is 2.02. The van der Waals surface area contributed by atoms with E-state index in [0.29, 0.717) is 10.7 Å². The molecule has 4 aromatic rings. The van der Waals surface area contributed by atoms with Crippen molar-refractivity contribution in [3.05, 3.63) is 71.0 Å². The third-order valence-corrected chi connectivity index (χ3v) is 4.53. The van der Waals surface area contributed by atoms with Crippen LogP contribution in [0.5, 0.6) is 0 Å². The first-order valence-corrected chi connectivity index (χ1v) is 9.22. The highest BCUT2D eigenvalue weighted by Crippen LogP contribution is 2.30. The molecule has 0 amide bonds. The van der Waals surface area contributed by atoms with Crippen LogP contribution in [-0.4, -0.2) is 32.6 Å². The molecule has 0 fully saturated rings.